The number of para-hydroxylation sites is 1. The first-order valence-electron chi connectivity index (χ1n) is 5.30. The first-order chi connectivity index (χ1) is 8.75. The molecule has 0 spiro atoms. The summed E-state index contributed by atoms with van der Waals surface area (Å²) in [6.07, 6.45) is 4.43. The molecule has 0 amide bonds. The maximum Gasteiger partial charge on any atom is 0.332 e. The van der Waals surface area contributed by atoms with Crippen LogP contribution < -0.4 is 22.1 Å². The Morgan fingerprint density at radius 2 is 1.89 bits per heavy atom. The number of nitrogens with zero attached hydrogens (tertiary/aromatic N) is 1. The Labute approximate surface area is 103 Å². The van der Waals surface area contributed by atoms with Crippen LogP contribution >= 0.6 is 0 Å². The SMILES string of the molecule is O=c1ccn(C=CNNc2ccccc2)c(=O)[nH]1. The third kappa shape index (κ3) is 3.11. The van der Waals surface area contributed by atoms with E-state index in [-0.39, 0.29) is 0 Å². The molecule has 1 heterocycles. The average molecular weight is 244 g/mol. The number of hydrogen-bond acceptors (Lipinski definition) is 4. The van der Waals surface area contributed by atoms with Gasteiger partial charge in [-0.3, -0.25) is 14.3 Å². The number of aromatic nitrogens is 2. The summed E-state index contributed by atoms with van der Waals surface area (Å²) in [5.74, 6) is 0. The van der Waals surface area contributed by atoms with Gasteiger partial charge in [0.15, 0.2) is 0 Å². The fourth-order valence-corrected chi connectivity index (χ4v) is 1.31. The standard InChI is InChI=1S/C12H12N4O2/c17-11-6-8-16(12(18)14-11)9-7-13-15-10-4-2-1-3-5-10/h1-9,13,15H,(H,14,17,18). The Kier molecular flexibility index (Phi) is 3.60. The number of hydrazine groups is 1. The van der Waals surface area contributed by atoms with Crippen molar-refractivity contribution in [3.05, 3.63) is 69.6 Å². The smallest absolute Gasteiger partial charge is 0.307 e. The van der Waals surface area contributed by atoms with Gasteiger partial charge < -0.3 is 10.9 Å². The van der Waals surface area contributed by atoms with Crippen LogP contribution in [0.4, 0.5) is 5.69 Å². The highest BCUT2D eigenvalue weighted by Crippen LogP contribution is 2.02. The molecule has 0 aliphatic heterocycles. The van der Waals surface area contributed by atoms with E-state index in [0.29, 0.717) is 0 Å². The summed E-state index contributed by atoms with van der Waals surface area (Å²) in [6.45, 7) is 0. The molecule has 0 atom stereocenters. The highest BCUT2D eigenvalue weighted by molar-refractivity contribution is 5.41. The van der Waals surface area contributed by atoms with Crippen LogP contribution in [0.2, 0.25) is 0 Å². The molecule has 1 aromatic heterocycles. The fourth-order valence-electron chi connectivity index (χ4n) is 1.31. The lowest BCUT2D eigenvalue weighted by Crippen LogP contribution is -2.26. The Morgan fingerprint density at radius 1 is 1.11 bits per heavy atom. The molecule has 0 unspecified atom stereocenters. The molecule has 2 rings (SSSR count). The third-order valence-corrected chi connectivity index (χ3v) is 2.16. The number of hydrogen-bond donors (Lipinski definition) is 3. The molecule has 18 heavy (non-hydrogen) atoms. The minimum absolute atomic E-state index is 0.417. The monoisotopic (exact) mass is 244 g/mol. The van der Waals surface area contributed by atoms with Gasteiger partial charge in [-0.2, -0.15) is 0 Å². The summed E-state index contributed by atoms with van der Waals surface area (Å²) in [7, 11) is 0. The van der Waals surface area contributed by atoms with Gasteiger partial charge in [-0.05, 0) is 12.1 Å². The van der Waals surface area contributed by atoms with Crippen molar-refractivity contribution in [3.8, 4) is 0 Å². The van der Waals surface area contributed by atoms with Gasteiger partial charge in [-0.1, -0.05) is 18.2 Å². The van der Waals surface area contributed by atoms with Crippen molar-refractivity contribution in [2.75, 3.05) is 5.43 Å². The molecule has 0 radical (unpaired) electrons. The van der Waals surface area contributed by atoms with Gasteiger partial charge in [0.1, 0.15) is 0 Å². The Morgan fingerprint density at radius 3 is 2.61 bits per heavy atom. The third-order valence-electron chi connectivity index (χ3n) is 2.16. The summed E-state index contributed by atoms with van der Waals surface area (Å²) in [6, 6.07) is 10.8. The van der Waals surface area contributed by atoms with E-state index in [1.165, 1.54) is 23.0 Å². The van der Waals surface area contributed by atoms with E-state index in [1.54, 1.807) is 6.20 Å². The molecule has 0 fully saturated rings. The number of rotatable bonds is 4. The molecular formula is C12H12N4O2. The number of nitrogens with one attached hydrogen (secondary N) is 3. The normalized spacial score (nSPS) is 10.4. The van der Waals surface area contributed by atoms with Gasteiger partial charge in [0.2, 0.25) is 0 Å². The van der Waals surface area contributed by atoms with Crippen molar-refractivity contribution in [3.63, 3.8) is 0 Å². The van der Waals surface area contributed by atoms with E-state index in [4.69, 9.17) is 0 Å². The zero-order valence-corrected chi connectivity index (χ0v) is 9.46. The van der Waals surface area contributed by atoms with Crippen molar-refractivity contribution in [2.24, 2.45) is 0 Å². The van der Waals surface area contributed by atoms with E-state index in [0.717, 1.165) is 5.69 Å². The van der Waals surface area contributed by atoms with E-state index in [1.807, 2.05) is 30.3 Å². The number of H-pyrrole nitrogens is 1. The van der Waals surface area contributed by atoms with Gasteiger partial charge >= 0.3 is 5.69 Å². The molecule has 0 bridgehead atoms. The van der Waals surface area contributed by atoms with Gasteiger partial charge in [-0.25, -0.2) is 4.79 Å². The van der Waals surface area contributed by atoms with E-state index in [2.05, 4.69) is 15.8 Å². The second kappa shape index (κ2) is 5.53. The molecule has 0 aliphatic carbocycles. The van der Waals surface area contributed by atoms with Crippen LogP contribution in [-0.4, -0.2) is 9.55 Å². The molecule has 3 N–H and O–H groups in total. The molecule has 92 valence electrons. The quantitative estimate of drug-likeness (QED) is 0.687. The molecule has 1 aromatic carbocycles. The van der Waals surface area contributed by atoms with Crippen LogP contribution in [0, 0.1) is 0 Å². The average Bonchev–Trinajstić information content (AvgIpc) is 2.38. The maximum absolute atomic E-state index is 11.3. The van der Waals surface area contributed by atoms with E-state index in [9.17, 15) is 9.59 Å². The fraction of sp³-hybridized carbons (Fsp3) is 0. The molecule has 0 aliphatic rings. The summed E-state index contributed by atoms with van der Waals surface area (Å²) >= 11 is 0. The first-order valence-corrected chi connectivity index (χ1v) is 5.30. The molecular weight excluding hydrogens is 232 g/mol. The van der Waals surface area contributed by atoms with Crippen LogP contribution in [0.3, 0.4) is 0 Å². The second-order valence-electron chi connectivity index (χ2n) is 3.47. The first kappa shape index (κ1) is 11.7. The lowest BCUT2D eigenvalue weighted by Gasteiger charge is -2.04. The molecule has 6 heteroatoms. The van der Waals surface area contributed by atoms with Crippen molar-refractivity contribution < 1.29 is 0 Å². The predicted octanol–water partition coefficient (Wildman–Crippen LogP) is 0.582. The zero-order chi connectivity index (χ0) is 12.8. The predicted molar refractivity (Wildman–Crippen MR) is 69.9 cm³/mol. The minimum Gasteiger partial charge on any atom is -0.307 e. The number of aromatic amines is 1. The Bertz CT molecular complexity index is 643. The van der Waals surface area contributed by atoms with Gasteiger partial charge in [0, 0.05) is 24.7 Å². The van der Waals surface area contributed by atoms with Gasteiger partial charge in [-0.15, -0.1) is 0 Å². The molecule has 6 nitrogen and oxygen atoms in total. The lowest BCUT2D eigenvalue weighted by molar-refractivity contribution is 0.928. The lowest BCUT2D eigenvalue weighted by atomic mass is 10.3. The van der Waals surface area contributed by atoms with Crippen molar-refractivity contribution >= 4 is 11.9 Å². The Hall–Kier alpha value is -2.76. The molecule has 0 saturated heterocycles. The maximum atomic E-state index is 11.3. The van der Waals surface area contributed by atoms with Crippen LogP contribution in [-0.2, 0) is 0 Å². The zero-order valence-electron chi connectivity index (χ0n) is 9.46. The van der Waals surface area contributed by atoms with Crippen LogP contribution in [0.1, 0.15) is 0 Å². The topological polar surface area (TPSA) is 78.9 Å². The highest BCUT2D eigenvalue weighted by Gasteiger charge is 1.90. The highest BCUT2D eigenvalue weighted by atomic mass is 16.2. The van der Waals surface area contributed by atoms with Crippen LogP contribution in [0.15, 0.2) is 58.4 Å². The molecule has 0 saturated carbocycles. The van der Waals surface area contributed by atoms with E-state index >= 15 is 0 Å². The number of benzene rings is 1. The summed E-state index contributed by atoms with van der Waals surface area (Å²) < 4.78 is 1.25. The largest absolute Gasteiger partial charge is 0.332 e. The van der Waals surface area contributed by atoms with Gasteiger partial charge in [0.25, 0.3) is 5.56 Å². The van der Waals surface area contributed by atoms with E-state index < -0.39 is 11.2 Å². The Balaban J connectivity index is 1.96. The minimum atomic E-state index is -0.486. The second-order valence-corrected chi connectivity index (χ2v) is 3.47. The summed E-state index contributed by atoms with van der Waals surface area (Å²) in [5.41, 5.74) is 5.73. The summed E-state index contributed by atoms with van der Waals surface area (Å²) in [4.78, 5) is 24.3. The van der Waals surface area contributed by atoms with Crippen molar-refractivity contribution in [1.29, 1.82) is 0 Å². The summed E-state index contributed by atoms with van der Waals surface area (Å²) in [5, 5.41) is 0. The molecule has 2 aromatic rings. The van der Waals surface area contributed by atoms with Gasteiger partial charge in [0.05, 0.1) is 5.69 Å². The number of anilines is 1. The van der Waals surface area contributed by atoms with Crippen molar-refractivity contribution in [1.82, 2.24) is 15.0 Å². The van der Waals surface area contributed by atoms with Crippen LogP contribution in [0.25, 0.3) is 6.20 Å². The van der Waals surface area contributed by atoms with Crippen molar-refractivity contribution in [2.45, 2.75) is 0 Å². The van der Waals surface area contributed by atoms with Crippen LogP contribution in [0.5, 0.6) is 0 Å².